The van der Waals surface area contributed by atoms with Crippen LogP contribution in [0.1, 0.15) is 21.5 Å². The Morgan fingerprint density at radius 1 is 1.18 bits per heavy atom. The summed E-state index contributed by atoms with van der Waals surface area (Å²) in [6.45, 7) is 0.102. The molecule has 0 saturated heterocycles. The van der Waals surface area contributed by atoms with Crippen LogP contribution in [0.25, 0.3) is 0 Å². The molecule has 0 spiro atoms. The third-order valence-corrected chi connectivity index (χ3v) is 3.10. The van der Waals surface area contributed by atoms with Gasteiger partial charge in [0.05, 0.1) is 5.56 Å². The molecule has 0 atom stereocenters. The maximum atomic E-state index is 12.5. The fraction of sp³-hybridized carbons (Fsp3) is 0.200. The van der Waals surface area contributed by atoms with E-state index in [-0.39, 0.29) is 12.1 Å². The third-order valence-electron chi connectivity index (χ3n) is 3.10. The van der Waals surface area contributed by atoms with Crippen LogP contribution < -0.4 is 5.56 Å². The molecule has 0 bridgehead atoms. The first-order valence-corrected chi connectivity index (χ1v) is 6.38. The summed E-state index contributed by atoms with van der Waals surface area (Å²) in [5.74, 6) is -0.498. The lowest BCUT2D eigenvalue weighted by Gasteiger charge is -2.17. The number of alkyl halides is 3. The molecule has 0 fully saturated rings. The minimum Gasteiger partial charge on any atom is -0.337 e. The number of amides is 1. The molecule has 1 amide bonds. The van der Waals surface area contributed by atoms with Gasteiger partial charge in [-0.05, 0) is 29.8 Å². The average Bonchev–Trinajstić information content (AvgIpc) is 2.46. The molecule has 1 aromatic heterocycles. The smallest absolute Gasteiger partial charge is 0.337 e. The normalized spacial score (nSPS) is 11.3. The first kappa shape index (κ1) is 15.8. The van der Waals surface area contributed by atoms with E-state index in [1.54, 1.807) is 0 Å². The van der Waals surface area contributed by atoms with Gasteiger partial charge in [-0.25, -0.2) is 0 Å². The second kappa shape index (κ2) is 6.05. The molecule has 2 rings (SSSR count). The van der Waals surface area contributed by atoms with Gasteiger partial charge in [0, 0.05) is 19.8 Å². The number of H-pyrrole nitrogens is 1. The van der Waals surface area contributed by atoms with Crippen LogP contribution in [-0.4, -0.2) is 22.8 Å². The molecule has 1 N–H and O–H groups in total. The summed E-state index contributed by atoms with van der Waals surface area (Å²) in [6.07, 6.45) is -2.98. The van der Waals surface area contributed by atoms with Crippen molar-refractivity contribution in [3.63, 3.8) is 0 Å². The van der Waals surface area contributed by atoms with Gasteiger partial charge in [-0.2, -0.15) is 13.2 Å². The number of hydrogen-bond donors (Lipinski definition) is 1. The highest BCUT2D eigenvalue weighted by molar-refractivity contribution is 5.93. The van der Waals surface area contributed by atoms with Crippen molar-refractivity contribution in [2.24, 2.45) is 0 Å². The molecule has 4 nitrogen and oxygen atoms in total. The van der Waals surface area contributed by atoms with Gasteiger partial charge < -0.3 is 9.88 Å². The topological polar surface area (TPSA) is 53.2 Å². The highest BCUT2D eigenvalue weighted by Crippen LogP contribution is 2.29. The van der Waals surface area contributed by atoms with Gasteiger partial charge in [0.15, 0.2) is 0 Å². The molecule has 0 aliphatic carbocycles. The van der Waals surface area contributed by atoms with Crippen LogP contribution in [0.4, 0.5) is 13.2 Å². The number of aromatic nitrogens is 1. The zero-order chi connectivity index (χ0) is 16.3. The second-order valence-electron chi connectivity index (χ2n) is 4.77. The van der Waals surface area contributed by atoms with Crippen molar-refractivity contribution in [3.8, 4) is 0 Å². The number of hydrogen-bond acceptors (Lipinski definition) is 2. The summed E-state index contributed by atoms with van der Waals surface area (Å²) in [5, 5.41) is 0. The maximum Gasteiger partial charge on any atom is 0.416 e. The van der Waals surface area contributed by atoms with E-state index >= 15 is 0 Å². The zero-order valence-corrected chi connectivity index (χ0v) is 11.6. The van der Waals surface area contributed by atoms with Gasteiger partial charge in [0.2, 0.25) is 0 Å². The van der Waals surface area contributed by atoms with Crippen LogP contribution in [0, 0.1) is 0 Å². The summed E-state index contributed by atoms with van der Waals surface area (Å²) >= 11 is 0. The van der Waals surface area contributed by atoms with Crippen molar-refractivity contribution in [1.82, 2.24) is 9.88 Å². The highest BCUT2D eigenvalue weighted by atomic mass is 19.4. The van der Waals surface area contributed by atoms with E-state index in [9.17, 15) is 22.8 Å². The number of nitrogens with one attached hydrogen (secondary N) is 1. The summed E-state index contributed by atoms with van der Waals surface area (Å²) in [4.78, 5) is 27.3. The zero-order valence-electron chi connectivity index (χ0n) is 11.6. The van der Waals surface area contributed by atoms with Gasteiger partial charge in [-0.15, -0.1) is 0 Å². The Labute approximate surface area is 124 Å². The average molecular weight is 310 g/mol. The van der Waals surface area contributed by atoms with E-state index in [1.807, 2.05) is 0 Å². The quantitative estimate of drug-likeness (QED) is 0.947. The van der Waals surface area contributed by atoms with Crippen LogP contribution in [0.3, 0.4) is 0 Å². The molecule has 0 aliphatic rings. The largest absolute Gasteiger partial charge is 0.416 e. The Morgan fingerprint density at radius 3 is 2.36 bits per heavy atom. The number of aromatic amines is 1. The highest BCUT2D eigenvalue weighted by Gasteiger charge is 2.30. The maximum absolute atomic E-state index is 12.5. The third kappa shape index (κ3) is 3.55. The molecule has 22 heavy (non-hydrogen) atoms. The van der Waals surface area contributed by atoms with Gasteiger partial charge in [-0.1, -0.05) is 12.1 Å². The molecule has 0 saturated carbocycles. The van der Waals surface area contributed by atoms with Crippen molar-refractivity contribution in [3.05, 3.63) is 69.6 Å². The molecule has 7 heteroatoms. The summed E-state index contributed by atoms with van der Waals surface area (Å²) in [6, 6.07) is 7.46. The Kier molecular flexibility index (Phi) is 4.35. The Morgan fingerprint density at radius 2 is 1.82 bits per heavy atom. The SMILES string of the molecule is CN(Cc1ccc(C(F)(F)F)cc1)C(=O)c1ccc[nH]c1=O. The van der Waals surface area contributed by atoms with E-state index in [2.05, 4.69) is 4.98 Å². The Bertz CT molecular complexity index is 721. The van der Waals surface area contributed by atoms with Crippen LogP contribution >= 0.6 is 0 Å². The minimum atomic E-state index is -4.39. The fourth-order valence-corrected chi connectivity index (χ4v) is 1.94. The number of pyridine rings is 1. The first-order chi connectivity index (χ1) is 10.3. The lowest BCUT2D eigenvalue weighted by molar-refractivity contribution is -0.137. The number of benzene rings is 1. The van der Waals surface area contributed by atoms with E-state index in [4.69, 9.17) is 0 Å². The molecule has 2 aromatic rings. The molecule has 0 radical (unpaired) electrons. The van der Waals surface area contributed by atoms with Crippen LogP contribution in [-0.2, 0) is 12.7 Å². The van der Waals surface area contributed by atoms with Gasteiger partial charge in [0.25, 0.3) is 11.5 Å². The predicted molar refractivity (Wildman–Crippen MR) is 74.3 cm³/mol. The second-order valence-corrected chi connectivity index (χ2v) is 4.77. The lowest BCUT2D eigenvalue weighted by atomic mass is 10.1. The molecule has 116 valence electrons. The lowest BCUT2D eigenvalue weighted by Crippen LogP contribution is -2.31. The van der Waals surface area contributed by atoms with Crippen molar-refractivity contribution >= 4 is 5.91 Å². The predicted octanol–water partition coefficient (Wildman–Crippen LogP) is 2.67. The van der Waals surface area contributed by atoms with Crippen molar-refractivity contribution in [2.45, 2.75) is 12.7 Å². The summed E-state index contributed by atoms with van der Waals surface area (Å²) in [5.41, 5.74) is -0.732. The van der Waals surface area contributed by atoms with Gasteiger partial charge in [-0.3, -0.25) is 9.59 Å². The number of rotatable bonds is 3. The van der Waals surface area contributed by atoms with E-state index in [0.717, 1.165) is 12.1 Å². The van der Waals surface area contributed by atoms with E-state index in [0.29, 0.717) is 5.56 Å². The van der Waals surface area contributed by atoms with Gasteiger partial charge >= 0.3 is 6.18 Å². The number of halogens is 3. The van der Waals surface area contributed by atoms with Crippen LogP contribution in [0.5, 0.6) is 0 Å². The standard InChI is InChI=1S/C15H13F3N2O2/c1-20(14(22)12-3-2-8-19-13(12)21)9-10-4-6-11(7-5-10)15(16,17)18/h2-8H,9H2,1H3,(H,19,21). The number of carbonyl (C=O) groups excluding carboxylic acids is 1. The fourth-order valence-electron chi connectivity index (χ4n) is 1.94. The van der Waals surface area contributed by atoms with E-state index in [1.165, 1.54) is 42.4 Å². The van der Waals surface area contributed by atoms with Crippen LogP contribution in [0.15, 0.2) is 47.4 Å². The Hall–Kier alpha value is -2.57. The van der Waals surface area contributed by atoms with Crippen LogP contribution in [0.2, 0.25) is 0 Å². The summed E-state index contributed by atoms with van der Waals surface area (Å²) in [7, 11) is 1.48. The van der Waals surface area contributed by atoms with Crippen molar-refractivity contribution in [2.75, 3.05) is 7.05 Å². The molecule has 1 aromatic carbocycles. The molecule has 0 unspecified atom stereocenters. The minimum absolute atomic E-state index is 0.0167. The Balaban J connectivity index is 2.12. The van der Waals surface area contributed by atoms with Crippen molar-refractivity contribution < 1.29 is 18.0 Å². The number of carbonyl (C=O) groups is 1. The molecule has 1 heterocycles. The molecular formula is C15H13F3N2O2. The van der Waals surface area contributed by atoms with E-state index < -0.39 is 23.2 Å². The van der Waals surface area contributed by atoms with Crippen molar-refractivity contribution in [1.29, 1.82) is 0 Å². The summed E-state index contributed by atoms with van der Waals surface area (Å²) < 4.78 is 37.4. The first-order valence-electron chi connectivity index (χ1n) is 6.38. The van der Waals surface area contributed by atoms with Gasteiger partial charge in [0.1, 0.15) is 5.56 Å². The molecule has 0 aliphatic heterocycles. The molecular weight excluding hydrogens is 297 g/mol. The number of nitrogens with zero attached hydrogens (tertiary/aromatic N) is 1. The monoisotopic (exact) mass is 310 g/mol.